The highest BCUT2D eigenvalue weighted by Gasteiger charge is 2.57. The molecule has 3 rings (SSSR count). The summed E-state index contributed by atoms with van der Waals surface area (Å²) in [5, 5.41) is 2.26. The monoisotopic (exact) mass is 260 g/mol. The van der Waals surface area contributed by atoms with Crippen LogP contribution in [0.3, 0.4) is 0 Å². The molecule has 1 aliphatic heterocycles. The molecule has 4 amide bonds. The number of rotatable bonds is 2. The largest absolute Gasteiger partial charge is 0.331 e. The van der Waals surface area contributed by atoms with Crippen molar-refractivity contribution in [2.45, 2.75) is 25.8 Å². The maximum atomic E-state index is 12.4. The molecule has 2 fully saturated rings. The molecule has 19 heavy (non-hydrogen) atoms. The molecule has 2 aliphatic rings. The summed E-state index contributed by atoms with van der Waals surface area (Å²) in [5.74, 6) is -0.876. The number of imide groups is 2. The third-order valence-corrected chi connectivity index (χ3v) is 3.73. The molecule has 98 valence electrons. The van der Waals surface area contributed by atoms with Crippen molar-refractivity contribution < 1.29 is 14.4 Å². The maximum absolute atomic E-state index is 12.4. The molecule has 2 heterocycles. The van der Waals surface area contributed by atoms with Crippen molar-refractivity contribution in [1.29, 1.82) is 0 Å². The molecule has 0 atom stereocenters. The van der Waals surface area contributed by atoms with Gasteiger partial charge in [-0.05, 0) is 18.9 Å². The van der Waals surface area contributed by atoms with E-state index >= 15 is 0 Å². The first-order chi connectivity index (χ1) is 9.13. The Bertz CT molecular complexity index is 553. The van der Waals surface area contributed by atoms with Gasteiger partial charge in [-0.2, -0.15) is 0 Å². The van der Waals surface area contributed by atoms with Gasteiger partial charge in [-0.25, -0.2) is 14.8 Å². The number of carbonyl (C=O) groups excluding carboxylic acids is 3. The normalized spacial score (nSPS) is 21.3. The van der Waals surface area contributed by atoms with E-state index in [4.69, 9.17) is 0 Å². The fourth-order valence-corrected chi connectivity index (χ4v) is 2.42. The van der Waals surface area contributed by atoms with E-state index in [1.165, 1.54) is 6.33 Å². The second-order valence-electron chi connectivity index (χ2n) is 4.79. The van der Waals surface area contributed by atoms with Crippen molar-refractivity contribution in [3.63, 3.8) is 0 Å². The molecule has 7 nitrogen and oxygen atoms in total. The Labute approximate surface area is 109 Å². The summed E-state index contributed by atoms with van der Waals surface area (Å²) in [5.41, 5.74) is -0.469. The summed E-state index contributed by atoms with van der Waals surface area (Å²) < 4.78 is 0. The molecule has 1 saturated carbocycles. The molecule has 0 unspecified atom stereocenters. The summed E-state index contributed by atoms with van der Waals surface area (Å²) in [6, 6.07) is 0.955. The molecule has 0 bridgehead atoms. The zero-order chi connectivity index (χ0) is 13.5. The predicted octanol–water partition coefficient (Wildman–Crippen LogP) is 0.225. The van der Waals surface area contributed by atoms with Gasteiger partial charge >= 0.3 is 6.03 Å². The van der Waals surface area contributed by atoms with Gasteiger partial charge in [-0.1, -0.05) is 6.42 Å². The minimum Gasteiger partial charge on any atom is -0.277 e. The Kier molecular flexibility index (Phi) is 2.55. The average Bonchev–Trinajstić information content (AvgIpc) is 2.34. The quantitative estimate of drug-likeness (QED) is 0.768. The zero-order valence-corrected chi connectivity index (χ0v) is 10.1. The lowest BCUT2D eigenvalue weighted by Crippen LogP contribution is -2.65. The number of hydrogen-bond donors (Lipinski definition) is 1. The smallest absolute Gasteiger partial charge is 0.277 e. The van der Waals surface area contributed by atoms with E-state index in [0.717, 1.165) is 11.3 Å². The number of carbonyl (C=O) groups is 3. The van der Waals surface area contributed by atoms with E-state index in [9.17, 15) is 14.4 Å². The first-order valence-corrected chi connectivity index (χ1v) is 6.06. The average molecular weight is 260 g/mol. The van der Waals surface area contributed by atoms with Crippen LogP contribution in [0.4, 0.5) is 4.79 Å². The second kappa shape index (κ2) is 4.11. The summed E-state index contributed by atoms with van der Waals surface area (Å²) in [6.07, 6.45) is 4.73. The van der Waals surface area contributed by atoms with Crippen molar-refractivity contribution in [3.8, 4) is 0 Å². The van der Waals surface area contributed by atoms with Gasteiger partial charge < -0.3 is 0 Å². The van der Waals surface area contributed by atoms with Crippen molar-refractivity contribution >= 4 is 17.8 Å². The van der Waals surface area contributed by atoms with E-state index in [0.29, 0.717) is 18.5 Å². The van der Waals surface area contributed by atoms with Gasteiger partial charge in [-0.3, -0.25) is 19.8 Å². The van der Waals surface area contributed by atoms with Crippen molar-refractivity contribution in [2.75, 3.05) is 0 Å². The predicted molar refractivity (Wildman–Crippen MR) is 62.4 cm³/mol. The van der Waals surface area contributed by atoms with E-state index < -0.39 is 23.3 Å². The van der Waals surface area contributed by atoms with E-state index in [-0.39, 0.29) is 6.54 Å². The van der Waals surface area contributed by atoms with Gasteiger partial charge in [0.1, 0.15) is 11.7 Å². The Balaban J connectivity index is 1.86. The lowest BCUT2D eigenvalue weighted by molar-refractivity contribution is -0.158. The minimum atomic E-state index is -1.03. The van der Waals surface area contributed by atoms with E-state index in [2.05, 4.69) is 15.3 Å². The van der Waals surface area contributed by atoms with Crippen LogP contribution in [0.2, 0.25) is 0 Å². The van der Waals surface area contributed by atoms with Crippen molar-refractivity contribution in [1.82, 2.24) is 20.2 Å². The Morgan fingerprint density at radius 1 is 1.32 bits per heavy atom. The Hall–Kier alpha value is -2.31. The van der Waals surface area contributed by atoms with Crippen LogP contribution in [-0.2, 0) is 16.1 Å². The number of amides is 4. The fourth-order valence-electron chi connectivity index (χ4n) is 2.42. The molecule has 0 aromatic carbocycles. The summed E-state index contributed by atoms with van der Waals surface area (Å²) in [6.45, 7) is 0.0578. The van der Waals surface area contributed by atoms with Crippen LogP contribution in [-0.4, -0.2) is 32.7 Å². The van der Waals surface area contributed by atoms with Crippen LogP contribution in [0, 0.1) is 5.41 Å². The topological polar surface area (TPSA) is 92.3 Å². The van der Waals surface area contributed by atoms with Gasteiger partial charge in [0.05, 0.1) is 12.2 Å². The molecule has 1 N–H and O–H groups in total. The highest BCUT2D eigenvalue weighted by molar-refractivity contribution is 6.19. The number of urea groups is 1. The van der Waals surface area contributed by atoms with E-state index in [1.54, 1.807) is 12.3 Å². The summed E-state index contributed by atoms with van der Waals surface area (Å²) in [4.78, 5) is 44.8. The number of barbiturate groups is 1. The fraction of sp³-hybridized carbons (Fsp3) is 0.417. The highest BCUT2D eigenvalue weighted by Crippen LogP contribution is 2.44. The maximum Gasteiger partial charge on any atom is 0.331 e. The van der Waals surface area contributed by atoms with Gasteiger partial charge in [0.2, 0.25) is 11.8 Å². The molecule has 1 aromatic heterocycles. The minimum absolute atomic E-state index is 0.0578. The van der Waals surface area contributed by atoms with Crippen LogP contribution in [0.15, 0.2) is 18.6 Å². The van der Waals surface area contributed by atoms with Gasteiger partial charge in [-0.15, -0.1) is 0 Å². The third kappa shape index (κ3) is 1.69. The first kappa shape index (κ1) is 11.8. The lowest BCUT2D eigenvalue weighted by atomic mass is 9.66. The molecule has 7 heteroatoms. The number of nitrogens with zero attached hydrogens (tertiary/aromatic N) is 3. The molecule has 1 spiro atoms. The van der Waals surface area contributed by atoms with Gasteiger partial charge in [0, 0.05) is 6.20 Å². The molecule has 1 aromatic rings. The van der Waals surface area contributed by atoms with Crippen LogP contribution in [0.25, 0.3) is 0 Å². The standard InChI is InChI=1S/C12H12N4O3/c17-9-12(3-1-4-12)10(18)16(11(19)15-9)6-8-2-5-13-7-14-8/h2,5,7H,1,3-4,6H2,(H,15,17,19). The molecule has 0 radical (unpaired) electrons. The SMILES string of the molecule is O=C1NC(=O)C2(CCC2)C(=O)N1Cc1ccncn1. The van der Waals surface area contributed by atoms with Gasteiger partial charge in [0.15, 0.2) is 0 Å². The zero-order valence-electron chi connectivity index (χ0n) is 10.1. The van der Waals surface area contributed by atoms with Crippen LogP contribution < -0.4 is 5.32 Å². The lowest BCUT2D eigenvalue weighted by Gasteiger charge is -2.44. The third-order valence-electron chi connectivity index (χ3n) is 3.73. The van der Waals surface area contributed by atoms with Crippen LogP contribution >= 0.6 is 0 Å². The van der Waals surface area contributed by atoms with Crippen LogP contribution in [0.1, 0.15) is 25.0 Å². The Morgan fingerprint density at radius 2 is 2.11 bits per heavy atom. The van der Waals surface area contributed by atoms with Crippen LogP contribution in [0.5, 0.6) is 0 Å². The highest BCUT2D eigenvalue weighted by atomic mass is 16.2. The van der Waals surface area contributed by atoms with Crippen molar-refractivity contribution in [2.24, 2.45) is 5.41 Å². The molecular formula is C12H12N4O3. The second-order valence-corrected chi connectivity index (χ2v) is 4.79. The van der Waals surface area contributed by atoms with Gasteiger partial charge in [0.25, 0.3) is 0 Å². The molecule has 1 saturated heterocycles. The molecule has 1 aliphatic carbocycles. The molecular weight excluding hydrogens is 248 g/mol. The summed E-state index contributed by atoms with van der Waals surface area (Å²) >= 11 is 0. The first-order valence-electron chi connectivity index (χ1n) is 6.06. The van der Waals surface area contributed by atoms with E-state index in [1.807, 2.05) is 0 Å². The number of aromatic nitrogens is 2. The Morgan fingerprint density at radius 3 is 2.68 bits per heavy atom. The number of nitrogens with one attached hydrogen (secondary N) is 1. The van der Waals surface area contributed by atoms with Crippen molar-refractivity contribution in [3.05, 3.63) is 24.3 Å². The number of hydrogen-bond acceptors (Lipinski definition) is 5. The summed E-state index contributed by atoms with van der Waals surface area (Å²) in [7, 11) is 0.